The molecule has 0 bridgehead atoms. The highest BCUT2D eigenvalue weighted by molar-refractivity contribution is 4.90. The van der Waals surface area contributed by atoms with E-state index in [9.17, 15) is 5.11 Å². The fourth-order valence-corrected chi connectivity index (χ4v) is 2.57. The summed E-state index contributed by atoms with van der Waals surface area (Å²) >= 11 is 0. The Morgan fingerprint density at radius 3 is 2.55 bits per heavy atom. The molecule has 2 heterocycles. The third kappa shape index (κ3) is 5.01. The Labute approximate surface area is 132 Å². The zero-order valence-corrected chi connectivity index (χ0v) is 13.9. The molecular formula is C15H28N4O3. The Morgan fingerprint density at radius 1 is 1.23 bits per heavy atom. The highest BCUT2D eigenvalue weighted by Crippen LogP contribution is 2.14. The average molecular weight is 312 g/mol. The molecule has 0 saturated carbocycles. The van der Waals surface area contributed by atoms with Gasteiger partial charge in [-0.15, -0.1) is 0 Å². The van der Waals surface area contributed by atoms with Crippen LogP contribution in [0.4, 0.5) is 0 Å². The molecule has 7 nitrogen and oxygen atoms in total. The number of aliphatic hydroxyl groups excluding tert-OH is 1. The van der Waals surface area contributed by atoms with Crippen molar-refractivity contribution in [3.8, 4) is 0 Å². The Morgan fingerprint density at radius 2 is 1.91 bits per heavy atom. The highest BCUT2D eigenvalue weighted by atomic mass is 16.5. The molecule has 126 valence electrons. The number of ether oxygens (including phenoxy) is 1. The van der Waals surface area contributed by atoms with Crippen molar-refractivity contribution in [2.75, 3.05) is 39.3 Å². The summed E-state index contributed by atoms with van der Waals surface area (Å²) in [5, 5.41) is 13.7. The minimum absolute atomic E-state index is 0.130. The minimum Gasteiger partial charge on any atom is -0.392 e. The number of nitrogens with zero attached hydrogens (tertiary/aromatic N) is 4. The summed E-state index contributed by atoms with van der Waals surface area (Å²) in [4.78, 5) is 9.02. The lowest BCUT2D eigenvalue weighted by Gasteiger charge is -2.34. The molecule has 1 aromatic heterocycles. The lowest BCUT2D eigenvalue weighted by molar-refractivity contribution is 0.0649. The normalized spacial score (nSPS) is 20.2. The van der Waals surface area contributed by atoms with Gasteiger partial charge in [0.15, 0.2) is 5.82 Å². The van der Waals surface area contributed by atoms with E-state index in [-0.39, 0.29) is 12.2 Å². The molecule has 22 heavy (non-hydrogen) atoms. The Balaban J connectivity index is 1.76. The van der Waals surface area contributed by atoms with E-state index in [1.807, 2.05) is 20.8 Å². The fourth-order valence-electron chi connectivity index (χ4n) is 2.57. The van der Waals surface area contributed by atoms with E-state index >= 15 is 0 Å². The predicted octanol–water partition coefficient (Wildman–Crippen LogP) is 1.06. The van der Waals surface area contributed by atoms with Crippen LogP contribution in [0.3, 0.4) is 0 Å². The van der Waals surface area contributed by atoms with Gasteiger partial charge in [0.1, 0.15) is 6.10 Å². The van der Waals surface area contributed by atoms with Crippen molar-refractivity contribution >= 4 is 0 Å². The average Bonchev–Trinajstić information content (AvgIpc) is 2.98. The number of rotatable bonds is 8. The second kappa shape index (κ2) is 8.57. The molecule has 1 unspecified atom stereocenters. The molecule has 2 rings (SSSR count). The van der Waals surface area contributed by atoms with E-state index in [2.05, 4.69) is 19.9 Å². The topological polar surface area (TPSA) is 74.9 Å². The van der Waals surface area contributed by atoms with E-state index in [1.165, 1.54) is 0 Å². The Bertz CT molecular complexity index is 432. The van der Waals surface area contributed by atoms with E-state index < -0.39 is 0 Å². The van der Waals surface area contributed by atoms with Crippen LogP contribution in [0.1, 0.15) is 45.0 Å². The van der Waals surface area contributed by atoms with Crippen molar-refractivity contribution in [1.82, 2.24) is 19.9 Å². The molecule has 2 atom stereocenters. The third-order valence-electron chi connectivity index (χ3n) is 4.03. The summed E-state index contributed by atoms with van der Waals surface area (Å²) in [6, 6.07) is 0. The second-order valence-corrected chi connectivity index (χ2v) is 5.78. The standard InChI is InChI=1S/C15H28N4O3/c1-4-13(20)10-18-6-8-19(9-7-18)11-14-16-15(17-22-14)12(3)21-5-2/h12-13,20H,4-11H2,1-3H3/t12?,13-/m1/s1. The number of β-amino-alcohol motifs (C(OH)–C–C–N with tert-alkyl or cyclic N) is 1. The fraction of sp³-hybridized carbons (Fsp3) is 0.867. The summed E-state index contributed by atoms with van der Waals surface area (Å²) < 4.78 is 10.8. The number of hydrogen-bond acceptors (Lipinski definition) is 7. The van der Waals surface area contributed by atoms with Crippen molar-refractivity contribution < 1.29 is 14.4 Å². The summed E-state index contributed by atoms with van der Waals surface area (Å²) in [6.45, 7) is 11.8. The molecule has 1 fully saturated rings. The molecule has 0 amide bonds. The number of piperazine rings is 1. The first-order valence-corrected chi connectivity index (χ1v) is 8.19. The number of hydrogen-bond donors (Lipinski definition) is 1. The van der Waals surface area contributed by atoms with Crippen molar-refractivity contribution in [3.05, 3.63) is 11.7 Å². The van der Waals surface area contributed by atoms with Gasteiger partial charge < -0.3 is 14.4 Å². The lowest BCUT2D eigenvalue weighted by atomic mass is 10.2. The van der Waals surface area contributed by atoms with E-state index in [0.717, 1.165) is 39.1 Å². The van der Waals surface area contributed by atoms with Crippen LogP contribution in [-0.2, 0) is 11.3 Å². The van der Waals surface area contributed by atoms with Crippen molar-refractivity contribution in [2.45, 2.75) is 45.9 Å². The van der Waals surface area contributed by atoms with E-state index in [0.29, 0.717) is 24.9 Å². The zero-order valence-electron chi connectivity index (χ0n) is 13.9. The van der Waals surface area contributed by atoms with E-state index in [1.54, 1.807) is 0 Å². The quantitative estimate of drug-likeness (QED) is 0.769. The summed E-state index contributed by atoms with van der Waals surface area (Å²) in [7, 11) is 0. The smallest absolute Gasteiger partial charge is 0.240 e. The molecule has 0 aromatic carbocycles. The minimum atomic E-state index is -0.217. The van der Waals surface area contributed by atoms with Gasteiger partial charge in [0.25, 0.3) is 0 Å². The van der Waals surface area contributed by atoms with Gasteiger partial charge in [-0.3, -0.25) is 9.80 Å². The van der Waals surface area contributed by atoms with Gasteiger partial charge in [0, 0.05) is 39.3 Å². The molecule has 1 aliphatic heterocycles. The maximum absolute atomic E-state index is 9.71. The molecule has 1 N–H and O–H groups in total. The zero-order chi connectivity index (χ0) is 15.9. The van der Waals surface area contributed by atoms with Gasteiger partial charge in [-0.25, -0.2) is 0 Å². The van der Waals surface area contributed by atoms with Crippen LogP contribution in [0.2, 0.25) is 0 Å². The second-order valence-electron chi connectivity index (χ2n) is 5.78. The maximum atomic E-state index is 9.71. The summed E-state index contributed by atoms with van der Waals surface area (Å²) in [5.41, 5.74) is 0. The maximum Gasteiger partial charge on any atom is 0.240 e. The molecular weight excluding hydrogens is 284 g/mol. The van der Waals surface area contributed by atoms with Crippen LogP contribution in [0.15, 0.2) is 4.52 Å². The van der Waals surface area contributed by atoms with Crippen LogP contribution in [0, 0.1) is 0 Å². The largest absolute Gasteiger partial charge is 0.392 e. The number of aromatic nitrogens is 2. The first kappa shape index (κ1) is 17.3. The first-order valence-electron chi connectivity index (χ1n) is 8.19. The molecule has 1 aromatic rings. The van der Waals surface area contributed by atoms with Crippen molar-refractivity contribution in [1.29, 1.82) is 0 Å². The molecule has 0 spiro atoms. The number of aliphatic hydroxyl groups is 1. The van der Waals surface area contributed by atoms with Gasteiger partial charge >= 0.3 is 0 Å². The SMILES string of the molecule is CCOC(C)c1noc(CN2CCN(C[C@H](O)CC)CC2)n1. The van der Waals surface area contributed by atoms with Crippen LogP contribution in [-0.4, -0.2) is 70.5 Å². The van der Waals surface area contributed by atoms with Crippen molar-refractivity contribution in [3.63, 3.8) is 0 Å². The van der Waals surface area contributed by atoms with Gasteiger partial charge in [-0.2, -0.15) is 4.98 Å². The van der Waals surface area contributed by atoms with Gasteiger partial charge in [-0.05, 0) is 20.3 Å². The van der Waals surface area contributed by atoms with E-state index in [4.69, 9.17) is 9.26 Å². The molecule has 1 saturated heterocycles. The first-order chi connectivity index (χ1) is 10.6. The summed E-state index contributed by atoms with van der Waals surface area (Å²) in [5.74, 6) is 1.25. The van der Waals surface area contributed by atoms with Crippen LogP contribution in [0.5, 0.6) is 0 Å². The Kier molecular flexibility index (Phi) is 6.75. The van der Waals surface area contributed by atoms with Gasteiger partial charge in [0.2, 0.25) is 5.89 Å². The van der Waals surface area contributed by atoms with Crippen molar-refractivity contribution in [2.24, 2.45) is 0 Å². The lowest BCUT2D eigenvalue weighted by Crippen LogP contribution is -2.48. The molecule has 1 aliphatic rings. The molecule has 0 aliphatic carbocycles. The van der Waals surface area contributed by atoms with Crippen LogP contribution < -0.4 is 0 Å². The van der Waals surface area contributed by atoms with Crippen LogP contribution in [0.25, 0.3) is 0 Å². The third-order valence-corrected chi connectivity index (χ3v) is 4.03. The molecule has 0 radical (unpaired) electrons. The van der Waals surface area contributed by atoms with Gasteiger partial charge in [-0.1, -0.05) is 12.1 Å². The van der Waals surface area contributed by atoms with Gasteiger partial charge in [0.05, 0.1) is 12.6 Å². The molecule has 7 heteroatoms. The monoisotopic (exact) mass is 312 g/mol. The van der Waals surface area contributed by atoms with Crippen LogP contribution >= 0.6 is 0 Å². The predicted molar refractivity (Wildman–Crippen MR) is 82.4 cm³/mol. The Hall–Kier alpha value is -1.02. The summed E-state index contributed by atoms with van der Waals surface area (Å²) in [6.07, 6.45) is 0.461. The highest BCUT2D eigenvalue weighted by Gasteiger charge is 2.21.